The highest BCUT2D eigenvalue weighted by Crippen LogP contribution is 2.13. The Hall–Kier alpha value is -1.91. The van der Waals surface area contributed by atoms with Gasteiger partial charge in [0.2, 0.25) is 15.9 Å². The van der Waals surface area contributed by atoms with Crippen LogP contribution in [0.2, 0.25) is 0 Å². The normalized spacial score (nSPS) is 16.5. The fraction of sp³-hybridized carbons (Fsp3) is 0.429. The molecule has 1 aliphatic heterocycles. The van der Waals surface area contributed by atoms with Crippen molar-refractivity contribution in [3.05, 3.63) is 29.8 Å². The first-order chi connectivity index (χ1) is 9.94. The van der Waals surface area contributed by atoms with Crippen LogP contribution < -0.4 is 4.72 Å². The number of hydrogen-bond donors (Lipinski definition) is 1. The minimum atomic E-state index is -3.77. The lowest BCUT2D eigenvalue weighted by Gasteiger charge is -2.21. The second-order valence-corrected chi connectivity index (χ2v) is 6.73. The summed E-state index contributed by atoms with van der Waals surface area (Å²) in [6, 6.07) is 6.70. The summed E-state index contributed by atoms with van der Waals surface area (Å²) in [5, 5.41) is 8.71. The molecule has 112 valence electrons. The maximum Gasteiger partial charge on any atom is 0.241 e. The third-order valence-corrected chi connectivity index (χ3v) is 4.97. The van der Waals surface area contributed by atoms with Crippen LogP contribution in [-0.4, -0.2) is 38.4 Å². The molecule has 1 atom stereocenters. The standard InChI is InChI=1S/C14H17N3O3S/c1-11(14(18)17-8-2-3-9-17)16-21(19,20)13-6-4-12(10-15)5-7-13/h4-7,11,16H,2-3,8-9H2,1H3. The zero-order valence-electron chi connectivity index (χ0n) is 11.7. The fourth-order valence-electron chi connectivity index (χ4n) is 2.27. The van der Waals surface area contributed by atoms with Gasteiger partial charge in [0, 0.05) is 13.1 Å². The van der Waals surface area contributed by atoms with Crippen molar-refractivity contribution < 1.29 is 13.2 Å². The molecule has 1 saturated heterocycles. The molecule has 0 bridgehead atoms. The van der Waals surface area contributed by atoms with Crippen molar-refractivity contribution in [3.8, 4) is 6.07 Å². The second-order valence-electron chi connectivity index (χ2n) is 5.01. The number of nitrogens with zero attached hydrogens (tertiary/aromatic N) is 2. The minimum absolute atomic E-state index is 0.0440. The van der Waals surface area contributed by atoms with Gasteiger partial charge in [-0.15, -0.1) is 0 Å². The highest BCUT2D eigenvalue weighted by molar-refractivity contribution is 7.89. The molecule has 0 aromatic heterocycles. The Labute approximate surface area is 124 Å². The van der Waals surface area contributed by atoms with E-state index in [1.165, 1.54) is 24.3 Å². The number of carbonyl (C=O) groups is 1. The predicted molar refractivity (Wildman–Crippen MR) is 76.8 cm³/mol. The van der Waals surface area contributed by atoms with Crippen LogP contribution in [-0.2, 0) is 14.8 Å². The highest BCUT2D eigenvalue weighted by Gasteiger charge is 2.27. The molecule has 1 aromatic rings. The number of benzene rings is 1. The van der Waals surface area contributed by atoms with E-state index in [0.717, 1.165) is 12.8 Å². The third-order valence-electron chi connectivity index (χ3n) is 3.41. The van der Waals surface area contributed by atoms with Crippen molar-refractivity contribution in [1.29, 1.82) is 5.26 Å². The van der Waals surface area contributed by atoms with Crippen molar-refractivity contribution in [3.63, 3.8) is 0 Å². The van der Waals surface area contributed by atoms with Gasteiger partial charge in [0.15, 0.2) is 0 Å². The van der Waals surface area contributed by atoms with E-state index in [1.807, 2.05) is 6.07 Å². The highest BCUT2D eigenvalue weighted by atomic mass is 32.2. The van der Waals surface area contributed by atoms with Gasteiger partial charge in [-0.25, -0.2) is 8.42 Å². The summed E-state index contributed by atoms with van der Waals surface area (Å²) in [6.07, 6.45) is 1.92. The first-order valence-corrected chi connectivity index (χ1v) is 8.23. The molecule has 2 rings (SSSR count). The van der Waals surface area contributed by atoms with Crippen molar-refractivity contribution in [1.82, 2.24) is 9.62 Å². The zero-order chi connectivity index (χ0) is 15.5. The van der Waals surface area contributed by atoms with Crippen LogP contribution >= 0.6 is 0 Å². The largest absolute Gasteiger partial charge is 0.341 e. The minimum Gasteiger partial charge on any atom is -0.341 e. The van der Waals surface area contributed by atoms with E-state index >= 15 is 0 Å². The van der Waals surface area contributed by atoms with Crippen LogP contribution in [0.25, 0.3) is 0 Å². The van der Waals surface area contributed by atoms with Gasteiger partial charge in [-0.05, 0) is 44.0 Å². The Kier molecular flexibility index (Phi) is 4.60. The summed E-state index contributed by atoms with van der Waals surface area (Å²) in [5.74, 6) is -0.204. The Balaban J connectivity index is 2.09. The quantitative estimate of drug-likeness (QED) is 0.892. The van der Waals surface area contributed by atoms with Crippen LogP contribution in [0.5, 0.6) is 0 Å². The molecule has 1 unspecified atom stereocenters. The maximum atomic E-state index is 12.2. The average molecular weight is 307 g/mol. The monoisotopic (exact) mass is 307 g/mol. The molecule has 0 radical (unpaired) electrons. The summed E-state index contributed by atoms with van der Waals surface area (Å²) >= 11 is 0. The fourth-order valence-corrected chi connectivity index (χ4v) is 3.47. The van der Waals surface area contributed by atoms with Crippen molar-refractivity contribution in [2.75, 3.05) is 13.1 Å². The molecule has 1 heterocycles. The number of nitrogens with one attached hydrogen (secondary N) is 1. The van der Waals surface area contributed by atoms with Crippen molar-refractivity contribution in [2.24, 2.45) is 0 Å². The average Bonchev–Trinajstić information content (AvgIpc) is 3.00. The predicted octanol–water partition coefficient (Wildman–Crippen LogP) is 0.847. The topological polar surface area (TPSA) is 90.3 Å². The summed E-state index contributed by atoms with van der Waals surface area (Å²) in [6.45, 7) is 2.91. The van der Waals surface area contributed by atoms with E-state index in [0.29, 0.717) is 18.7 Å². The van der Waals surface area contributed by atoms with Crippen LogP contribution in [0.3, 0.4) is 0 Å². The van der Waals surface area contributed by atoms with Crippen LogP contribution in [0, 0.1) is 11.3 Å². The molecular formula is C14H17N3O3S. The van der Waals surface area contributed by atoms with E-state index < -0.39 is 16.1 Å². The van der Waals surface area contributed by atoms with Gasteiger partial charge in [0.1, 0.15) is 0 Å². The SMILES string of the molecule is CC(NS(=O)(=O)c1ccc(C#N)cc1)C(=O)N1CCCC1. The van der Waals surface area contributed by atoms with E-state index in [2.05, 4.69) is 4.72 Å². The van der Waals surface area contributed by atoms with E-state index in [-0.39, 0.29) is 10.8 Å². The molecule has 1 aliphatic rings. The summed E-state index contributed by atoms with van der Waals surface area (Å²) in [4.78, 5) is 13.8. The van der Waals surface area contributed by atoms with Gasteiger partial charge in [0.25, 0.3) is 0 Å². The molecular weight excluding hydrogens is 290 g/mol. The first-order valence-electron chi connectivity index (χ1n) is 6.75. The molecule has 6 nitrogen and oxygen atoms in total. The van der Waals surface area contributed by atoms with Gasteiger partial charge in [-0.1, -0.05) is 0 Å². The van der Waals surface area contributed by atoms with E-state index in [9.17, 15) is 13.2 Å². The lowest BCUT2D eigenvalue weighted by Crippen LogP contribution is -2.45. The molecule has 21 heavy (non-hydrogen) atoms. The van der Waals surface area contributed by atoms with Gasteiger partial charge < -0.3 is 4.90 Å². The Bertz CT molecular complexity index is 656. The molecule has 1 N–H and O–H groups in total. The third kappa shape index (κ3) is 3.60. The lowest BCUT2D eigenvalue weighted by molar-refractivity contribution is -0.131. The number of nitriles is 1. The molecule has 7 heteroatoms. The second kappa shape index (κ2) is 6.24. The van der Waals surface area contributed by atoms with Gasteiger partial charge in [-0.3, -0.25) is 4.79 Å². The molecule has 1 aromatic carbocycles. The molecule has 0 saturated carbocycles. The Morgan fingerprint density at radius 3 is 2.38 bits per heavy atom. The summed E-state index contributed by atoms with van der Waals surface area (Å²) in [7, 11) is -3.77. The molecule has 1 amide bonds. The molecule has 0 aliphatic carbocycles. The Morgan fingerprint density at radius 2 is 1.86 bits per heavy atom. The smallest absolute Gasteiger partial charge is 0.241 e. The number of sulfonamides is 1. The number of amides is 1. The van der Waals surface area contributed by atoms with Crippen LogP contribution in [0.15, 0.2) is 29.2 Å². The van der Waals surface area contributed by atoms with E-state index in [4.69, 9.17) is 5.26 Å². The number of likely N-dealkylation sites (tertiary alicyclic amines) is 1. The number of carbonyl (C=O) groups excluding carboxylic acids is 1. The summed E-state index contributed by atoms with van der Waals surface area (Å²) in [5.41, 5.74) is 0.384. The zero-order valence-corrected chi connectivity index (χ0v) is 12.6. The van der Waals surface area contributed by atoms with Crippen molar-refractivity contribution >= 4 is 15.9 Å². The van der Waals surface area contributed by atoms with E-state index in [1.54, 1.807) is 11.8 Å². The van der Waals surface area contributed by atoms with Crippen molar-refractivity contribution in [2.45, 2.75) is 30.7 Å². The molecule has 1 fully saturated rings. The molecule has 0 spiro atoms. The van der Waals surface area contributed by atoms with Gasteiger partial charge >= 0.3 is 0 Å². The first kappa shape index (κ1) is 15.5. The maximum absolute atomic E-state index is 12.2. The van der Waals surface area contributed by atoms with Gasteiger partial charge in [-0.2, -0.15) is 9.98 Å². The van der Waals surface area contributed by atoms with Gasteiger partial charge in [0.05, 0.1) is 22.6 Å². The summed E-state index contributed by atoms with van der Waals surface area (Å²) < 4.78 is 26.8. The lowest BCUT2D eigenvalue weighted by atomic mass is 10.2. The number of hydrogen-bond acceptors (Lipinski definition) is 4. The van der Waals surface area contributed by atoms with Crippen LogP contribution in [0.1, 0.15) is 25.3 Å². The Morgan fingerprint density at radius 1 is 1.29 bits per heavy atom. The van der Waals surface area contributed by atoms with Crippen LogP contribution in [0.4, 0.5) is 0 Å². The number of rotatable bonds is 4.